The average Bonchev–Trinajstić information content (AvgIpc) is 2.28. The van der Waals surface area contributed by atoms with Crippen molar-refractivity contribution in [3.05, 3.63) is 24.7 Å². The maximum absolute atomic E-state index is 8.76. The second-order valence-electron chi connectivity index (χ2n) is 4.22. The molecule has 2 aliphatic heterocycles. The summed E-state index contributed by atoms with van der Waals surface area (Å²) in [5.74, 6) is 1.39. The zero-order chi connectivity index (χ0) is 12.0. The molecule has 0 aromatic rings. The van der Waals surface area contributed by atoms with Crippen molar-refractivity contribution in [3.8, 4) is 0 Å². The maximum atomic E-state index is 8.76. The Bertz CT molecular complexity index is 224. The van der Waals surface area contributed by atoms with E-state index in [1.165, 1.54) is 12.3 Å². The first-order valence-electron chi connectivity index (χ1n) is 5.54. The van der Waals surface area contributed by atoms with E-state index < -0.39 is 12.2 Å². The van der Waals surface area contributed by atoms with E-state index in [1.54, 1.807) is 6.26 Å². The molecule has 0 unspecified atom stereocenters. The van der Waals surface area contributed by atoms with E-state index in [4.69, 9.17) is 14.9 Å². The van der Waals surface area contributed by atoms with E-state index in [2.05, 4.69) is 24.7 Å². The molecule has 0 spiro atoms. The molecule has 2 heterocycles. The minimum atomic E-state index is -0.750. The molecule has 4 nitrogen and oxygen atoms in total. The summed E-state index contributed by atoms with van der Waals surface area (Å²) in [6, 6.07) is 0. The molecule has 0 aromatic carbocycles. The third kappa shape index (κ3) is 6.67. The van der Waals surface area contributed by atoms with Gasteiger partial charge in [-0.3, -0.25) is 0 Å². The second-order valence-corrected chi connectivity index (χ2v) is 4.22. The van der Waals surface area contributed by atoms with Gasteiger partial charge in [0.25, 0.3) is 0 Å². The molecule has 0 bridgehead atoms. The van der Waals surface area contributed by atoms with Crippen LogP contribution in [0.2, 0.25) is 0 Å². The van der Waals surface area contributed by atoms with Crippen molar-refractivity contribution in [2.45, 2.75) is 40.9 Å². The van der Waals surface area contributed by atoms with Gasteiger partial charge in [0.15, 0.2) is 0 Å². The SMILES string of the molecule is C.C.C[C@@H]1C=COC[C@H]1C.O[C@@H]1C=COC[C@H]1O. The number of allylic oxidation sites excluding steroid dienone is 1. The largest absolute Gasteiger partial charge is 0.501 e. The lowest BCUT2D eigenvalue weighted by Gasteiger charge is -2.19. The molecule has 0 radical (unpaired) electrons. The van der Waals surface area contributed by atoms with Gasteiger partial charge in [0.2, 0.25) is 0 Å². The first-order valence-corrected chi connectivity index (χ1v) is 5.54. The Balaban J connectivity index is 0. The highest BCUT2D eigenvalue weighted by atomic mass is 16.5. The smallest absolute Gasteiger partial charge is 0.117 e. The van der Waals surface area contributed by atoms with E-state index in [0.717, 1.165) is 6.61 Å². The molecule has 0 saturated heterocycles. The summed E-state index contributed by atoms with van der Waals surface area (Å²) in [5, 5.41) is 17.5. The van der Waals surface area contributed by atoms with E-state index in [-0.39, 0.29) is 21.5 Å². The molecule has 4 heteroatoms. The molecule has 2 rings (SSSR count). The summed E-state index contributed by atoms with van der Waals surface area (Å²) in [6.45, 7) is 5.49. The van der Waals surface area contributed by atoms with E-state index in [9.17, 15) is 0 Å². The van der Waals surface area contributed by atoms with Crippen LogP contribution >= 0.6 is 0 Å². The number of hydrogen-bond acceptors (Lipinski definition) is 4. The van der Waals surface area contributed by atoms with Crippen molar-refractivity contribution in [1.82, 2.24) is 0 Å². The van der Waals surface area contributed by atoms with Gasteiger partial charge in [-0.1, -0.05) is 28.7 Å². The summed E-state index contributed by atoms with van der Waals surface area (Å²) in [7, 11) is 0. The Morgan fingerprint density at radius 3 is 1.83 bits per heavy atom. The third-order valence-corrected chi connectivity index (χ3v) is 2.77. The Kier molecular flexibility index (Phi) is 10.7. The normalized spacial score (nSPS) is 32.7. The van der Waals surface area contributed by atoms with Crippen LogP contribution in [0.4, 0.5) is 0 Å². The Hall–Kier alpha value is -1.00. The zero-order valence-corrected chi connectivity index (χ0v) is 9.74. The molecule has 2 N–H and O–H groups in total. The molecule has 18 heavy (non-hydrogen) atoms. The van der Waals surface area contributed by atoms with Crippen LogP contribution < -0.4 is 0 Å². The van der Waals surface area contributed by atoms with Crippen LogP contribution in [0, 0.1) is 11.8 Å². The molecule has 2 aliphatic rings. The predicted molar refractivity (Wildman–Crippen MR) is 74.0 cm³/mol. The Morgan fingerprint density at radius 2 is 1.50 bits per heavy atom. The quantitative estimate of drug-likeness (QED) is 0.702. The number of aliphatic hydroxyl groups is 2. The number of hydrogen-bond donors (Lipinski definition) is 2. The van der Waals surface area contributed by atoms with Gasteiger partial charge < -0.3 is 19.7 Å². The minimum absolute atomic E-state index is 0. The van der Waals surface area contributed by atoms with E-state index in [0.29, 0.717) is 11.8 Å². The van der Waals surface area contributed by atoms with Crippen molar-refractivity contribution >= 4 is 0 Å². The first-order chi connectivity index (χ1) is 7.61. The summed E-state index contributed by atoms with van der Waals surface area (Å²) < 4.78 is 9.73. The highest BCUT2D eigenvalue weighted by Crippen LogP contribution is 2.16. The van der Waals surface area contributed by atoms with Crippen LogP contribution in [0.15, 0.2) is 24.7 Å². The molecule has 0 aliphatic carbocycles. The number of aliphatic hydroxyl groups excluding tert-OH is 2. The van der Waals surface area contributed by atoms with Gasteiger partial charge in [-0.05, 0) is 24.0 Å². The lowest BCUT2D eigenvalue weighted by Crippen LogP contribution is -2.30. The molecule has 0 saturated carbocycles. The molecule has 108 valence electrons. The van der Waals surface area contributed by atoms with Gasteiger partial charge in [-0.2, -0.15) is 0 Å². The fraction of sp³-hybridized carbons (Fsp3) is 0.714. The van der Waals surface area contributed by atoms with E-state index in [1.807, 2.05) is 0 Å². The number of rotatable bonds is 0. The summed E-state index contributed by atoms with van der Waals surface area (Å²) >= 11 is 0. The molecule has 0 fully saturated rings. The fourth-order valence-corrected chi connectivity index (χ4v) is 1.25. The van der Waals surface area contributed by atoms with Crippen molar-refractivity contribution < 1.29 is 19.7 Å². The standard InChI is InChI=1S/C7H12O.C5H8O3.2CH4/c1-6-3-4-8-5-7(6)2;6-4-1-2-8-3-5(4)7;;/h3-4,6-7H,5H2,1-2H3;1-2,4-7H,3H2;2*1H4/t6-,7-;4-,5-;;/m11../s1. The minimum Gasteiger partial charge on any atom is -0.501 e. The molecule has 0 aromatic heterocycles. The summed E-state index contributed by atoms with van der Waals surface area (Å²) in [5.41, 5.74) is 0. The third-order valence-electron chi connectivity index (χ3n) is 2.77. The van der Waals surface area contributed by atoms with Crippen molar-refractivity contribution in [2.24, 2.45) is 11.8 Å². The van der Waals surface area contributed by atoms with Crippen LogP contribution in [0.1, 0.15) is 28.7 Å². The van der Waals surface area contributed by atoms with Gasteiger partial charge >= 0.3 is 0 Å². The van der Waals surface area contributed by atoms with E-state index >= 15 is 0 Å². The molecule has 0 amide bonds. The van der Waals surface area contributed by atoms with Crippen molar-refractivity contribution in [1.29, 1.82) is 0 Å². The van der Waals surface area contributed by atoms with Crippen LogP contribution in [0.25, 0.3) is 0 Å². The van der Waals surface area contributed by atoms with Crippen molar-refractivity contribution in [2.75, 3.05) is 13.2 Å². The Morgan fingerprint density at radius 1 is 0.944 bits per heavy atom. The highest BCUT2D eigenvalue weighted by Gasteiger charge is 2.16. The number of ether oxygens (including phenoxy) is 2. The maximum Gasteiger partial charge on any atom is 0.117 e. The molecular formula is C14H28O4. The molecule has 4 atom stereocenters. The highest BCUT2D eigenvalue weighted by molar-refractivity contribution is 4.91. The zero-order valence-electron chi connectivity index (χ0n) is 9.74. The predicted octanol–water partition coefficient (Wildman–Crippen LogP) is 2.33. The monoisotopic (exact) mass is 260 g/mol. The van der Waals surface area contributed by atoms with Crippen LogP contribution in [0.3, 0.4) is 0 Å². The Labute approximate surface area is 111 Å². The van der Waals surface area contributed by atoms with Crippen molar-refractivity contribution in [3.63, 3.8) is 0 Å². The van der Waals surface area contributed by atoms with Gasteiger partial charge in [0, 0.05) is 0 Å². The van der Waals surface area contributed by atoms with Gasteiger partial charge in [-0.25, -0.2) is 0 Å². The van der Waals surface area contributed by atoms with Crippen LogP contribution in [-0.4, -0.2) is 35.6 Å². The first kappa shape index (κ1) is 19.3. The van der Waals surface area contributed by atoms with Gasteiger partial charge in [0.1, 0.15) is 18.8 Å². The summed E-state index contributed by atoms with van der Waals surface area (Å²) in [4.78, 5) is 0. The van der Waals surface area contributed by atoms with Gasteiger partial charge in [0.05, 0.1) is 19.1 Å². The lowest BCUT2D eigenvalue weighted by atomic mass is 9.96. The van der Waals surface area contributed by atoms with Gasteiger partial charge in [-0.15, -0.1) is 0 Å². The van der Waals surface area contributed by atoms with Crippen LogP contribution in [-0.2, 0) is 9.47 Å². The summed E-state index contributed by atoms with van der Waals surface area (Å²) in [6.07, 6.45) is 5.20. The molecular weight excluding hydrogens is 232 g/mol. The topological polar surface area (TPSA) is 58.9 Å². The second kappa shape index (κ2) is 9.97. The average molecular weight is 260 g/mol. The fourth-order valence-electron chi connectivity index (χ4n) is 1.25. The lowest BCUT2D eigenvalue weighted by molar-refractivity contribution is -0.0108. The van der Waals surface area contributed by atoms with Crippen LogP contribution in [0.5, 0.6) is 0 Å².